The third-order valence-electron chi connectivity index (χ3n) is 4.25. The van der Waals surface area contributed by atoms with E-state index in [1.54, 1.807) is 0 Å². The van der Waals surface area contributed by atoms with E-state index in [1.165, 1.54) is 31.6 Å². The first-order chi connectivity index (χ1) is 10.8. The largest absolute Gasteiger partial charge is 0.356 e. The Balaban J connectivity index is 1.65. The molecule has 1 aliphatic heterocycles. The third-order valence-corrected chi connectivity index (χ3v) is 4.25. The topological polar surface area (TPSA) is 39.7 Å². The van der Waals surface area contributed by atoms with E-state index in [4.69, 9.17) is 0 Å². The Morgan fingerprint density at radius 2 is 2.09 bits per heavy atom. The van der Waals surface area contributed by atoms with Gasteiger partial charge in [0.2, 0.25) is 0 Å². The van der Waals surface area contributed by atoms with Crippen molar-refractivity contribution in [3.05, 3.63) is 35.9 Å². The number of hydrogen-bond acceptors (Lipinski definition) is 2. The van der Waals surface area contributed by atoms with Crippen molar-refractivity contribution in [1.29, 1.82) is 0 Å². The van der Waals surface area contributed by atoms with E-state index in [2.05, 4.69) is 57.8 Å². The molecule has 1 unspecified atom stereocenters. The Morgan fingerprint density at radius 3 is 2.82 bits per heavy atom. The number of nitrogens with zero attached hydrogens (tertiary/aromatic N) is 2. The Morgan fingerprint density at radius 1 is 1.27 bits per heavy atom. The van der Waals surface area contributed by atoms with Crippen LogP contribution in [0.2, 0.25) is 0 Å². The number of guanidine groups is 1. The molecule has 0 saturated carbocycles. The summed E-state index contributed by atoms with van der Waals surface area (Å²) in [7, 11) is 1.84. The first kappa shape index (κ1) is 16.8. The van der Waals surface area contributed by atoms with Gasteiger partial charge in [0, 0.05) is 33.2 Å². The van der Waals surface area contributed by atoms with Crippen molar-refractivity contribution in [2.24, 2.45) is 10.9 Å². The predicted octanol–water partition coefficient (Wildman–Crippen LogP) is 2.13. The number of benzene rings is 1. The smallest absolute Gasteiger partial charge is 0.190 e. The van der Waals surface area contributed by atoms with Gasteiger partial charge in [-0.2, -0.15) is 0 Å². The first-order valence-corrected chi connectivity index (χ1v) is 8.52. The summed E-state index contributed by atoms with van der Waals surface area (Å²) in [6.45, 7) is 7.76. The molecule has 1 aromatic carbocycles. The highest BCUT2D eigenvalue weighted by molar-refractivity contribution is 5.79. The van der Waals surface area contributed by atoms with E-state index in [0.29, 0.717) is 0 Å². The summed E-state index contributed by atoms with van der Waals surface area (Å²) in [5.41, 5.74) is 1.44. The normalized spacial score (nSPS) is 19.4. The SMILES string of the molecule is CCCNC(=NC)NCC1CCN(CCc2ccccc2)C1. The molecule has 0 aromatic heterocycles. The molecule has 0 aliphatic carbocycles. The average Bonchev–Trinajstić information content (AvgIpc) is 3.02. The molecule has 2 N–H and O–H groups in total. The van der Waals surface area contributed by atoms with Crippen LogP contribution in [-0.4, -0.2) is 50.6 Å². The minimum atomic E-state index is 0.732. The molecule has 4 nitrogen and oxygen atoms in total. The molecule has 1 saturated heterocycles. The lowest BCUT2D eigenvalue weighted by Crippen LogP contribution is -2.40. The van der Waals surface area contributed by atoms with Gasteiger partial charge in [0.05, 0.1) is 0 Å². The fourth-order valence-corrected chi connectivity index (χ4v) is 2.92. The maximum absolute atomic E-state index is 4.26. The van der Waals surface area contributed by atoms with Gasteiger partial charge in [0.25, 0.3) is 0 Å². The van der Waals surface area contributed by atoms with E-state index >= 15 is 0 Å². The molecule has 4 heteroatoms. The number of aliphatic imine (C=N–C) groups is 1. The number of likely N-dealkylation sites (tertiary alicyclic amines) is 1. The van der Waals surface area contributed by atoms with Crippen LogP contribution >= 0.6 is 0 Å². The minimum Gasteiger partial charge on any atom is -0.356 e. The summed E-state index contributed by atoms with van der Waals surface area (Å²) in [6, 6.07) is 10.8. The van der Waals surface area contributed by atoms with Gasteiger partial charge in [-0.1, -0.05) is 37.3 Å². The summed E-state index contributed by atoms with van der Waals surface area (Å²) < 4.78 is 0. The lowest BCUT2D eigenvalue weighted by atomic mass is 10.1. The second kappa shape index (κ2) is 9.46. The van der Waals surface area contributed by atoms with Crippen molar-refractivity contribution in [2.45, 2.75) is 26.2 Å². The molecule has 0 bridgehead atoms. The summed E-state index contributed by atoms with van der Waals surface area (Å²) >= 11 is 0. The maximum atomic E-state index is 4.26. The fraction of sp³-hybridized carbons (Fsp3) is 0.611. The van der Waals surface area contributed by atoms with Crippen molar-refractivity contribution in [1.82, 2.24) is 15.5 Å². The lowest BCUT2D eigenvalue weighted by Gasteiger charge is -2.17. The average molecular weight is 302 g/mol. The van der Waals surface area contributed by atoms with Crippen LogP contribution in [0.5, 0.6) is 0 Å². The molecule has 1 fully saturated rings. The van der Waals surface area contributed by atoms with Crippen LogP contribution in [0.3, 0.4) is 0 Å². The zero-order valence-corrected chi connectivity index (χ0v) is 14.0. The summed E-state index contributed by atoms with van der Waals surface area (Å²) in [5, 5.41) is 6.78. The molecular formula is C18H30N4. The molecular weight excluding hydrogens is 272 g/mol. The van der Waals surface area contributed by atoms with Crippen LogP contribution in [0.1, 0.15) is 25.3 Å². The van der Waals surface area contributed by atoms with Crippen molar-refractivity contribution in [2.75, 3.05) is 39.8 Å². The van der Waals surface area contributed by atoms with Crippen LogP contribution in [0.25, 0.3) is 0 Å². The zero-order valence-electron chi connectivity index (χ0n) is 14.0. The van der Waals surface area contributed by atoms with Gasteiger partial charge in [-0.3, -0.25) is 4.99 Å². The van der Waals surface area contributed by atoms with Crippen LogP contribution < -0.4 is 10.6 Å². The van der Waals surface area contributed by atoms with Gasteiger partial charge in [-0.05, 0) is 37.3 Å². The molecule has 0 radical (unpaired) electrons. The van der Waals surface area contributed by atoms with Gasteiger partial charge in [-0.25, -0.2) is 0 Å². The van der Waals surface area contributed by atoms with Crippen molar-refractivity contribution in [3.63, 3.8) is 0 Å². The van der Waals surface area contributed by atoms with Crippen LogP contribution in [0, 0.1) is 5.92 Å². The second-order valence-electron chi connectivity index (χ2n) is 6.07. The molecule has 1 atom stereocenters. The fourth-order valence-electron chi connectivity index (χ4n) is 2.92. The molecule has 1 aromatic rings. The van der Waals surface area contributed by atoms with E-state index in [-0.39, 0.29) is 0 Å². The Hall–Kier alpha value is -1.55. The monoisotopic (exact) mass is 302 g/mol. The maximum Gasteiger partial charge on any atom is 0.190 e. The molecule has 0 spiro atoms. The van der Waals surface area contributed by atoms with Crippen LogP contribution in [0.4, 0.5) is 0 Å². The van der Waals surface area contributed by atoms with Crippen molar-refractivity contribution in [3.8, 4) is 0 Å². The van der Waals surface area contributed by atoms with Crippen LogP contribution in [0.15, 0.2) is 35.3 Å². The van der Waals surface area contributed by atoms with Gasteiger partial charge in [0.15, 0.2) is 5.96 Å². The molecule has 2 rings (SSSR count). The minimum absolute atomic E-state index is 0.732. The predicted molar refractivity (Wildman–Crippen MR) is 94.3 cm³/mol. The highest BCUT2D eigenvalue weighted by atomic mass is 15.2. The van der Waals surface area contributed by atoms with Crippen molar-refractivity contribution < 1.29 is 0 Å². The van der Waals surface area contributed by atoms with Gasteiger partial charge in [-0.15, -0.1) is 0 Å². The molecule has 0 amide bonds. The summed E-state index contributed by atoms with van der Waals surface area (Å²) in [6.07, 6.45) is 3.56. The molecule has 1 heterocycles. The van der Waals surface area contributed by atoms with E-state index in [9.17, 15) is 0 Å². The van der Waals surface area contributed by atoms with E-state index in [1.807, 2.05) is 7.05 Å². The van der Waals surface area contributed by atoms with Crippen molar-refractivity contribution >= 4 is 5.96 Å². The highest BCUT2D eigenvalue weighted by Gasteiger charge is 2.22. The third kappa shape index (κ3) is 5.68. The van der Waals surface area contributed by atoms with Gasteiger partial charge >= 0.3 is 0 Å². The Bertz CT molecular complexity index is 444. The molecule has 122 valence electrons. The van der Waals surface area contributed by atoms with Gasteiger partial charge < -0.3 is 15.5 Å². The summed E-state index contributed by atoms with van der Waals surface area (Å²) in [4.78, 5) is 6.85. The first-order valence-electron chi connectivity index (χ1n) is 8.52. The number of nitrogens with one attached hydrogen (secondary N) is 2. The Labute approximate surface area is 135 Å². The standard InChI is InChI=1S/C18H30N4/c1-3-11-20-18(19-2)21-14-17-10-13-22(15-17)12-9-16-7-5-4-6-8-16/h4-8,17H,3,9-15H2,1-2H3,(H2,19,20,21). The van der Waals surface area contributed by atoms with Gasteiger partial charge in [0.1, 0.15) is 0 Å². The number of rotatable bonds is 7. The highest BCUT2D eigenvalue weighted by Crippen LogP contribution is 2.15. The zero-order chi connectivity index (χ0) is 15.6. The molecule has 22 heavy (non-hydrogen) atoms. The van der Waals surface area contributed by atoms with E-state index < -0.39 is 0 Å². The summed E-state index contributed by atoms with van der Waals surface area (Å²) in [5.74, 6) is 1.67. The van der Waals surface area contributed by atoms with Crippen LogP contribution in [-0.2, 0) is 6.42 Å². The molecule has 1 aliphatic rings. The number of hydrogen-bond donors (Lipinski definition) is 2. The quantitative estimate of drug-likeness (QED) is 0.599. The van der Waals surface area contributed by atoms with E-state index in [0.717, 1.165) is 37.8 Å². The second-order valence-corrected chi connectivity index (χ2v) is 6.07. The lowest BCUT2D eigenvalue weighted by molar-refractivity contribution is 0.328. The Kier molecular flexibility index (Phi) is 7.23.